The van der Waals surface area contributed by atoms with Gasteiger partial charge in [0.15, 0.2) is 0 Å². The molecule has 0 bridgehead atoms. The van der Waals surface area contributed by atoms with Gasteiger partial charge in [-0.3, -0.25) is 0 Å². The molecule has 5 heteroatoms. The molecule has 0 aliphatic heterocycles. The molecule has 15 heavy (non-hydrogen) atoms. The Morgan fingerprint density at radius 1 is 1.53 bits per heavy atom. The van der Waals surface area contributed by atoms with Gasteiger partial charge in [-0.05, 0) is 23.8 Å². The molecule has 0 fully saturated rings. The number of nitrogens with two attached hydrogens (primary N) is 1. The van der Waals surface area contributed by atoms with Crippen LogP contribution in [0.2, 0.25) is 0 Å². The summed E-state index contributed by atoms with van der Waals surface area (Å²) in [5.74, 6) is 0.208. The van der Waals surface area contributed by atoms with E-state index in [-0.39, 0.29) is 5.84 Å². The average Bonchev–Trinajstić information content (AvgIpc) is 2.27. The number of nitrogens with one attached hydrogen (secondary N) is 2. The first-order chi connectivity index (χ1) is 7.26. The number of benzene rings is 1. The SMILES string of the molecule is CNc1cccc(/C=C/C(N)=NN=N)c1. The molecule has 0 heterocycles. The van der Waals surface area contributed by atoms with Gasteiger partial charge in [0.25, 0.3) is 0 Å². The minimum Gasteiger partial charge on any atom is -0.388 e. The highest BCUT2D eigenvalue weighted by molar-refractivity contribution is 5.95. The molecule has 78 valence electrons. The molecular formula is C10H13N5. The van der Waals surface area contributed by atoms with Crippen LogP contribution < -0.4 is 11.1 Å². The molecule has 5 nitrogen and oxygen atoms in total. The van der Waals surface area contributed by atoms with Crippen LogP contribution in [-0.2, 0) is 0 Å². The van der Waals surface area contributed by atoms with E-state index in [1.165, 1.54) is 0 Å². The van der Waals surface area contributed by atoms with Crippen LogP contribution in [0.15, 0.2) is 40.7 Å². The Hall–Kier alpha value is -2.17. The third-order valence-corrected chi connectivity index (χ3v) is 1.79. The zero-order valence-corrected chi connectivity index (χ0v) is 8.44. The van der Waals surface area contributed by atoms with Crippen molar-refractivity contribution in [2.24, 2.45) is 16.1 Å². The van der Waals surface area contributed by atoms with Gasteiger partial charge in [0.2, 0.25) is 0 Å². The van der Waals surface area contributed by atoms with E-state index < -0.39 is 0 Å². The normalized spacial score (nSPS) is 11.7. The fourth-order valence-electron chi connectivity index (χ4n) is 1.07. The van der Waals surface area contributed by atoms with E-state index in [1.807, 2.05) is 37.4 Å². The van der Waals surface area contributed by atoms with Crippen LogP contribution in [0.5, 0.6) is 0 Å². The summed E-state index contributed by atoms with van der Waals surface area (Å²) in [6, 6.07) is 7.83. The zero-order chi connectivity index (χ0) is 11.1. The number of hydrogen-bond donors (Lipinski definition) is 3. The van der Waals surface area contributed by atoms with Gasteiger partial charge in [-0.15, -0.1) is 5.10 Å². The smallest absolute Gasteiger partial charge is 0.147 e. The minimum atomic E-state index is 0.208. The maximum atomic E-state index is 6.49. The summed E-state index contributed by atoms with van der Waals surface area (Å²) < 4.78 is 0. The van der Waals surface area contributed by atoms with Gasteiger partial charge < -0.3 is 11.1 Å². The van der Waals surface area contributed by atoms with Gasteiger partial charge in [0.1, 0.15) is 5.84 Å². The molecular weight excluding hydrogens is 190 g/mol. The molecule has 0 amide bonds. The van der Waals surface area contributed by atoms with Crippen molar-refractivity contribution in [2.75, 3.05) is 12.4 Å². The highest BCUT2D eigenvalue weighted by Crippen LogP contribution is 2.10. The lowest BCUT2D eigenvalue weighted by atomic mass is 10.2. The second kappa shape index (κ2) is 5.54. The Morgan fingerprint density at radius 2 is 2.33 bits per heavy atom. The van der Waals surface area contributed by atoms with Crippen molar-refractivity contribution in [3.8, 4) is 0 Å². The average molecular weight is 203 g/mol. The standard InChI is InChI=1S/C10H13N5/c1-13-9-4-2-3-8(7-9)5-6-10(11)14-15-12/h2-7,13H,1H3,(H3,11,12,14)/b6-5+. The highest BCUT2D eigenvalue weighted by Gasteiger charge is 1.90. The Morgan fingerprint density at radius 3 is 3.00 bits per heavy atom. The molecule has 1 aromatic carbocycles. The second-order valence-electron chi connectivity index (χ2n) is 2.83. The third kappa shape index (κ3) is 3.60. The maximum absolute atomic E-state index is 6.49. The summed E-state index contributed by atoms with van der Waals surface area (Å²) in [6.07, 6.45) is 3.41. The molecule has 0 spiro atoms. The number of rotatable bonds is 4. The van der Waals surface area contributed by atoms with Crippen LogP contribution in [0.1, 0.15) is 5.56 Å². The lowest BCUT2D eigenvalue weighted by Gasteiger charge is -2.00. The van der Waals surface area contributed by atoms with E-state index in [0.717, 1.165) is 11.3 Å². The highest BCUT2D eigenvalue weighted by atomic mass is 15.3. The fourth-order valence-corrected chi connectivity index (χ4v) is 1.07. The molecule has 1 aromatic rings. The van der Waals surface area contributed by atoms with Crippen LogP contribution in [-0.4, -0.2) is 12.9 Å². The summed E-state index contributed by atoms with van der Waals surface area (Å²) in [7, 11) is 1.86. The van der Waals surface area contributed by atoms with E-state index in [1.54, 1.807) is 6.08 Å². The lowest BCUT2D eigenvalue weighted by molar-refractivity contribution is 0.988. The Bertz CT molecular complexity index is 395. The van der Waals surface area contributed by atoms with Crippen LogP contribution in [0.25, 0.3) is 6.08 Å². The van der Waals surface area contributed by atoms with E-state index in [0.29, 0.717) is 0 Å². The van der Waals surface area contributed by atoms with Crippen LogP contribution in [0.3, 0.4) is 0 Å². The van der Waals surface area contributed by atoms with Gasteiger partial charge >= 0.3 is 0 Å². The van der Waals surface area contributed by atoms with Crippen molar-refractivity contribution >= 4 is 17.6 Å². The van der Waals surface area contributed by atoms with Crippen molar-refractivity contribution in [1.82, 2.24) is 0 Å². The predicted molar refractivity (Wildman–Crippen MR) is 61.8 cm³/mol. The molecule has 4 N–H and O–H groups in total. The molecule has 0 aromatic heterocycles. The molecule has 0 saturated carbocycles. The van der Waals surface area contributed by atoms with Crippen molar-refractivity contribution in [2.45, 2.75) is 0 Å². The third-order valence-electron chi connectivity index (χ3n) is 1.79. The monoisotopic (exact) mass is 203 g/mol. The van der Waals surface area contributed by atoms with Gasteiger partial charge in [0.05, 0.1) is 0 Å². The number of nitrogens with zero attached hydrogens (tertiary/aromatic N) is 2. The minimum absolute atomic E-state index is 0.208. The maximum Gasteiger partial charge on any atom is 0.147 e. The van der Waals surface area contributed by atoms with E-state index >= 15 is 0 Å². The van der Waals surface area contributed by atoms with Crippen molar-refractivity contribution in [3.63, 3.8) is 0 Å². The molecule has 0 atom stereocenters. The Kier molecular flexibility index (Phi) is 4.03. The topological polar surface area (TPSA) is 86.6 Å². The molecule has 1 rings (SSSR count). The van der Waals surface area contributed by atoms with Crippen LogP contribution in [0.4, 0.5) is 5.69 Å². The molecule has 0 unspecified atom stereocenters. The van der Waals surface area contributed by atoms with Gasteiger partial charge in [0, 0.05) is 12.7 Å². The summed E-state index contributed by atoms with van der Waals surface area (Å²) >= 11 is 0. The van der Waals surface area contributed by atoms with Gasteiger partial charge in [-0.1, -0.05) is 23.4 Å². The second-order valence-corrected chi connectivity index (χ2v) is 2.83. The van der Waals surface area contributed by atoms with Gasteiger partial charge in [-0.2, -0.15) is 5.53 Å². The molecule has 0 saturated heterocycles. The Labute approximate surface area is 88.2 Å². The summed E-state index contributed by atoms with van der Waals surface area (Å²) in [4.78, 5) is 0. The van der Waals surface area contributed by atoms with Crippen molar-refractivity contribution in [1.29, 1.82) is 5.53 Å². The first-order valence-electron chi connectivity index (χ1n) is 4.42. The summed E-state index contributed by atoms with van der Waals surface area (Å²) in [5.41, 5.74) is 14.0. The lowest BCUT2D eigenvalue weighted by Crippen LogP contribution is -2.06. The number of anilines is 1. The van der Waals surface area contributed by atoms with Crippen molar-refractivity contribution < 1.29 is 0 Å². The van der Waals surface area contributed by atoms with Gasteiger partial charge in [-0.25, -0.2) is 0 Å². The molecule has 0 aliphatic rings. The largest absolute Gasteiger partial charge is 0.388 e. The number of hydrogen-bond acceptors (Lipinski definition) is 3. The van der Waals surface area contributed by atoms with Crippen molar-refractivity contribution in [3.05, 3.63) is 35.9 Å². The Balaban J connectivity index is 2.80. The van der Waals surface area contributed by atoms with E-state index in [4.69, 9.17) is 11.3 Å². The van der Waals surface area contributed by atoms with Crippen LogP contribution >= 0.6 is 0 Å². The zero-order valence-electron chi connectivity index (χ0n) is 8.44. The molecule has 0 aliphatic carbocycles. The fraction of sp³-hybridized carbons (Fsp3) is 0.100. The summed E-state index contributed by atoms with van der Waals surface area (Å²) in [6.45, 7) is 0. The van der Waals surface area contributed by atoms with E-state index in [2.05, 4.69) is 15.6 Å². The first-order valence-corrected chi connectivity index (χ1v) is 4.42. The summed E-state index contributed by atoms with van der Waals surface area (Å²) in [5, 5.41) is 9.23. The van der Waals surface area contributed by atoms with E-state index in [9.17, 15) is 0 Å². The number of amidine groups is 1. The quantitative estimate of drug-likeness (QED) is 0.302. The molecule has 0 radical (unpaired) electrons. The van der Waals surface area contributed by atoms with Crippen LogP contribution in [0, 0.1) is 5.53 Å². The first kappa shape index (κ1) is 10.9. The predicted octanol–water partition coefficient (Wildman–Crippen LogP) is 2.04.